The lowest BCUT2D eigenvalue weighted by Crippen LogP contribution is -2.53. The number of rotatable bonds is 2. The van der Waals surface area contributed by atoms with Gasteiger partial charge in [-0.1, -0.05) is 37.3 Å². The Morgan fingerprint density at radius 3 is 2.81 bits per heavy atom. The molecule has 0 spiro atoms. The zero-order valence-corrected chi connectivity index (χ0v) is 9.96. The highest BCUT2D eigenvalue weighted by Crippen LogP contribution is 2.12. The van der Waals surface area contributed by atoms with Crippen molar-refractivity contribution in [3.8, 4) is 0 Å². The fourth-order valence-corrected chi connectivity index (χ4v) is 1.98. The molecule has 3 nitrogen and oxygen atoms in total. The lowest BCUT2D eigenvalue weighted by atomic mass is 10.1. The molecule has 1 aromatic carbocycles. The molecule has 1 amide bonds. The van der Waals surface area contributed by atoms with Gasteiger partial charge in [0.25, 0.3) is 0 Å². The van der Waals surface area contributed by atoms with Crippen molar-refractivity contribution in [1.82, 2.24) is 10.2 Å². The molecule has 0 radical (unpaired) electrons. The van der Waals surface area contributed by atoms with Crippen molar-refractivity contribution < 1.29 is 4.79 Å². The molecule has 1 atom stereocenters. The molecule has 2 rings (SSSR count). The van der Waals surface area contributed by atoms with E-state index < -0.39 is 0 Å². The predicted molar refractivity (Wildman–Crippen MR) is 66.8 cm³/mol. The van der Waals surface area contributed by atoms with Crippen molar-refractivity contribution in [2.24, 2.45) is 5.92 Å². The third-order valence-corrected chi connectivity index (χ3v) is 3.04. The van der Waals surface area contributed by atoms with Crippen LogP contribution in [-0.2, 0) is 11.3 Å². The quantitative estimate of drug-likeness (QED) is 0.788. The standard InChI is InChI=1S/C12H14N2OS/c1-9-7-14(12(16)13-11(9)15)8-10-5-3-2-4-6-10/h2-6,9H,7-8H2,1H3,(H,13,15,16)/t9-/m1/s1. The van der Waals surface area contributed by atoms with Gasteiger partial charge in [0.15, 0.2) is 5.11 Å². The number of benzene rings is 1. The smallest absolute Gasteiger partial charge is 0.230 e. The van der Waals surface area contributed by atoms with Gasteiger partial charge in [0.1, 0.15) is 0 Å². The first kappa shape index (κ1) is 11.1. The maximum atomic E-state index is 11.4. The van der Waals surface area contributed by atoms with Crippen LogP contribution in [0.1, 0.15) is 12.5 Å². The maximum absolute atomic E-state index is 11.4. The summed E-state index contributed by atoms with van der Waals surface area (Å²) < 4.78 is 0. The molecule has 0 saturated carbocycles. The molecule has 1 aromatic rings. The minimum atomic E-state index is -0.00425. The monoisotopic (exact) mass is 234 g/mol. The zero-order valence-electron chi connectivity index (χ0n) is 9.14. The van der Waals surface area contributed by atoms with Crippen molar-refractivity contribution in [3.63, 3.8) is 0 Å². The van der Waals surface area contributed by atoms with E-state index in [1.54, 1.807) is 0 Å². The summed E-state index contributed by atoms with van der Waals surface area (Å²) in [6.07, 6.45) is 0. The van der Waals surface area contributed by atoms with E-state index in [4.69, 9.17) is 12.2 Å². The van der Waals surface area contributed by atoms with Crippen molar-refractivity contribution in [2.75, 3.05) is 6.54 Å². The van der Waals surface area contributed by atoms with Gasteiger partial charge in [-0.25, -0.2) is 0 Å². The van der Waals surface area contributed by atoms with Gasteiger partial charge in [0.05, 0.1) is 5.92 Å². The summed E-state index contributed by atoms with van der Waals surface area (Å²) in [6.45, 7) is 3.36. The average Bonchev–Trinajstić information content (AvgIpc) is 2.27. The fourth-order valence-electron chi connectivity index (χ4n) is 1.74. The molecule has 0 unspecified atom stereocenters. The van der Waals surface area contributed by atoms with E-state index in [0.717, 1.165) is 6.54 Å². The lowest BCUT2D eigenvalue weighted by Gasteiger charge is -2.32. The van der Waals surface area contributed by atoms with Crippen LogP contribution in [0.5, 0.6) is 0 Å². The van der Waals surface area contributed by atoms with Crippen LogP contribution in [0.15, 0.2) is 30.3 Å². The first-order chi connectivity index (χ1) is 7.66. The normalized spacial score (nSPS) is 20.8. The van der Waals surface area contributed by atoms with E-state index in [0.29, 0.717) is 11.7 Å². The molecule has 16 heavy (non-hydrogen) atoms. The summed E-state index contributed by atoms with van der Waals surface area (Å²) in [6, 6.07) is 10.1. The molecular formula is C12H14N2OS. The van der Waals surface area contributed by atoms with E-state index in [1.165, 1.54) is 5.56 Å². The largest absolute Gasteiger partial charge is 0.344 e. The summed E-state index contributed by atoms with van der Waals surface area (Å²) in [7, 11) is 0. The molecule has 0 bridgehead atoms. The van der Waals surface area contributed by atoms with Gasteiger partial charge < -0.3 is 10.2 Å². The molecule has 1 saturated heterocycles. The van der Waals surface area contributed by atoms with Gasteiger partial charge in [-0.2, -0.15) is 0 Å². The van der Waals surface area contributed by atoms with Crippen LogP contribution in [0.4, 0.5) is 0 Å². The summed E-state index contributed by atoms with van der Waals surface area (Å²) >= 11 is 5.15. The number of hydrogen-bond donors (Lipinski definition) is 1. The molecule has 84 valence electrons. The highest BCUT2D eigenvalue weighted by atomic mass is 32.1. The van der Waals surface area contributed by atoms with Crippen LogP contribution in [-0.4, -0.2) is 22.5 Å². The molecular weight excluding hydrogens is 220 g/mol. The van der Waals surface area contributed by atoms with Gasteiger partial charge in [0, 0.05) is 13.1 Å². The van der Waals surface area contributed by atoms with Crippen molar-refractivity contribution in [2.45, 2.75) is 13.5 Å². The highest BCUT2D eigenvalue weighted by molar-refractivity contribution is 7.80. The number of carbonyl (C=O) groups excluding carboxylic acids is 1. The van der Waals surface area contributed by atoms with Gasteiger partial charge in [-0.05, 0) is 17.8 Å². The van der Waals surface area contributed by atoms with Crippen LogP contribution in [0, 0.1) is 5.92 Å². The second-order valence-corrected chi connectivity index (χ2v) is 4.45. The molecule has 1 heterocycles. The number of nitrogens with zero attached hydrogens (tertiary/aromatic N) is 1. The molecule has 1 fully saturated rings. The number of hydrogen-bond acceptors (Lipinski definition) is 2. The van der Waals surface area contributed by atoms with E-state index in [2.05, 4.69) is 17.4 Å². The Hall–Kier alpha value is -1.42. The Balaban J connectivity index is 2.05. The number of amides is 1. The first-order valence-corrected chi connectivity index (χ1v) is 5.71. The van der Waals surface area contributed by atoms with Gasteiger partial charge in [-0.3, -0.25) is 4.79 Å². The summed E-state index contributed by atoms with van der Waals surface area (Å²) in [4.78, 5) is 13.4. The van der Waals surface area contributed by atoms with Crippen molar-refractivity contribution >= 4 is 23.2 Å². The minimum Gasteiger partial charge on any atom is -0.344 e. The molecule has 1 aliphatic heterocycles. The van der Waals surface area contributed by atoms with Crippen LogP contribution in [0.25, 0.3) is 0 Å². The van der Waals surface area contributed by atoms with Gasteiger partial charge in [0.2, 0.25) is 5.91 Å². The Morgan fingerprint density at radius 2 is 2.12 bits per heavy atom. The van der Waals surface area contributed by atoms with Crippen molar-refractivity contribution in [1.29, 1.82) is 0 Å². The minimum absolute atomic E-state index is 0.00425. The van der Waals surface area contributed by atoms with E-state index in [1.807, 2.05) is 30.0 Å². The summed E-state index contributed by atoms with van der Waals surface area (Å²) in [5, 5.41) is 3.25. The average molecular weight is 234 g/mol. The molecule has 0 aromatic heterocycles. The Morgan fingerprint density at radius 1 is 1.44 bits per heavy atom. The van der Waals surface area contributed by atoms with E-state index >= 15 is 0 Å². The van der Waals surface area contributed by atoms with Crippen LogP contribution in [0.2, 0.25) is 0 Å². The first-order valence-electron chi connectivity index (χ1n) is 5.30. The van der Waals surface area contributed by atoms with E-state index in [-0.39, 0.29) is 11.8 Å². The SMILES string of the molecule is C[C@@H]1CN(Cc2ccccc2)C(=S)NC1=O. The van der Waals surface area contributed by atoms with Gasteiger partial charge in [-0.15, -0.1) is 0 Å². The van der Waals surface area contributed by atoms with Crippen LogP contribution >= 0.6 is 12.2 Å². The zero-order chi connectivity index (χ0) is 11.5. The van der Waals surface area contributed by atoms with Gasteiger partial charge >= 0.3 is 0 Å². The third-order valence-electron chi connectivity index (χ3n) is 2.68. The van der Waals surface area contributed by atoms with Crippen molar-refractivity contribution in [3.05, 3.63) is 35.9 Å². The predicted octanol–water partition coefficient (Wildman–Crippen LogP) is 1.54. The summed E-state index contributed by atoms with van der Waals surface area (Å²) in [5.74, 6) is 0.0183. The fraction of sp³-hybridized carbons (Fsp3) is 0.333. The third kappa shape index (κ3) is 2.39. The second-order valence-electron chi connectivity index (χ2n) is 4.06. The van der Waals surface area contributed by atoms with Crippen LogP contribution < -0.4 is 5.32 Å². The maximum Gasteiger partial charge on any atom is 0.230 e. The van der Waals surface area contributed by atoms with Crippen LogP contribution in [0.3, 0.4) is 0 Å². The molecule has 4 heteroatoms. The summed E-state index contributed by atoms with van der Waals surface area (Å²) in [5.41, 5.74) is 1.20. The highest BCUT2D eigenvalue weighted by Gasteiger charge is 2.26. The molecule has 1 N–H and O–H groups in total. The Kier molecular flexibility index (Phi) is 3.19. The second kappa shape index (κ2) is 4.61. The molecule has 0 aliphatic carbocycles. The Labute approximate surface area is 100 Å². The van der Waals surface area contributed by atoms with E-state index in [9.17, 15) is 4.79 Å². The number of carbonyl (C=O) groups is 1. The lowest BCUT2D eigenvalue weighted by molar-refractivity contribution is -0.124. The Bertz CT molecular complexity index is 405. The molecule has 1 aliphatic rings. The number of thiocarbonyl (C=S) groups is 1. The number of nitrogens with one attached hydrogen (secondary N) is 1. The topological polar surface area (TPSA) is 32.3 Å².